The van der Waals surface area contributed by atoms with Gasteiger partial charge in [0.2, 0.25) is 0 Å². The van der Waals surface area contributed by atoms with E-state index in [1.807, 2.05) is 0 Å². The van der Waals surface area contributed by atoms with Crippen LogP contribution in [0.5, 0.6) is 0 Å². The zero-order valence-corrected chi connectivity index (χ0v) is 12.9. The van der Waals surface area contributed by atoms with E-state index in [9.17, 15) is 18.0 Å². The molecule has 0 spiro atoms. The summed E-state index contributed by atoms with van der Waals surface area (Å²) in [4.78, 5) is 11.6. The summed E-state index contributed by atoms with van der Waals surface area (Å²) in [5, 5.41) is 2.68. The van der Waals surface area contributed by atoms with Crippen LogP contribution in [0.25, 0.3) is 0 Å². The van der Waals surface area contributed by atoms with Gasteiger partial charge in [0.1, 0.15) is 11.9 Å². The normalized spacial score (nSPS) is 20.6. The number of alkyl carbamates (subject to hydrolysis) is 1. The fourth-order valence-corrected chi connectivity index (χ4v) is 2.79. The number of nitrogens with one attached hydrogen (secondary N) is 1. The summed E-state index contributed by atoms with van der Waals surface area (Å²) in [5.41, 5.74) is 1.23. The molecule has 6 heteroatoms. The van der Waals surface area contributed by atoms with E-state index in [0.717, 1.165) is 6.92 Å². The fraction of sp³-hybridized carbons (Fsp3) is 0.278. The number of halogens is 3. The minimum absolute atomic E-state index is 0.0800. The summed E-state index contributed by atoms with van der Waals surface area (Å²) in [7, 11) is 0. The highest BCUT2D eigenvalue weighted by Gasteiger charge is 2.35. The smallest absolute Gasteiger partial charge is 0.408 e. The molecule has 24 heavy (non-hydrogen) atoms. The van der Waals surface area contributed by atoms with Gasteiger partial charge >= 0.3 is 6.09 Å². The number of hydrogen-bond donors (Lipinski definition) is 1. The van der Waals surface area contributed by atoms with Crippen molar-refractivity contribution in [2.75, 3.05) is 0 Å². The van der Waals surface area contributed by atoms with Gasteiger partial charge in [-0.2, -0.15) is 0 Å². The van der Waals surface area contributed by atoms with Gasteiger partial charge in [0.05, 0.1) is 6.04 Å². The number of carbonyl (C=O) groups excluding carboxylic acids is 1. The summed E-state index contributed by atoms with van der Waals surface area (Å²) in [6.45, 7) is 0.841. The third-order valence-corrected chi connectivity index (χ3v) is 3.99. The number of alkyl halides is 2. The van der Waals surface area contributed by atoms with E-state index < -0.39 is 24.2 Å². The Hall–Kier alpha value is -2.50. The molecular formula is C18H16F3NO2. The van der Waals surface area contributed by atoms with Crippen LogP contribution in [0.1, 0.15) is 29.7 Å². The van der Waals surface area contributed by atoms with E-state index in [1.54, 1.807) is 24.3 Å². The van der Waals surface area contributed by atoms with Gasteiger partial charge in [0.25, 0.3) is 5.92 Å². The Morgan fingerprint density at radius 1 is 1.17 bits per heavy atom. The molecule has 0 radical (unpaired) electrons. The highest BCUT2D eigenvalue weighted by molar-refractivity contribution is 5.70. The van der Waals surface area contributed by atoms with Gasteiger partial charge in [-0.05, 0) is 35.7 Å². The molecule has 1 aliphatic heterocycles. The quantitative estimate of drug-likeness (QED) is 0.903. The number of hydrogen-bond acceptors (Lipinski definition) is 2. The predicted molar refractivity (Wildman–Crippen MR) is 82.3 cm³/mol. The molecule has 3 rings (SSSR count). The van der Waals surface area contributed by atoms with Gasteiger partial charge in [-0.1, -0.05) is 30.3 Å². The highest BCUT2D eigenvalue weighted by Crippen LogP contribution is 2.31. The summed E-state index contributed by atoms with van der Waals surface area (Å²) in [6, 6.07) is 11.3. The van der Waals surface area contributed by atoms with E-state index in [0.29, 0.717) is 17.5 Å². The number of cyclic esters (lactones) is 1. The summed E-state index contributed by atoms with van der Waals surface area (Å²) < 4.78 is 45.2. The second kappa shape index (κ2) is 6.19. The predicted octanol–water partition coefficient (Wildman–Crippen LogP) is 4.33. The number of rotatable bonds is 4. The van der Waals surface area contributed by atoms with Crippen LogP contribution in [0.2, 0.25) is 0 Å². The fourth-order valence-electron chi connectivity index (χ4n) is 2.79. The summed E-state index contributed by atoms with van der Waals surface area (Å²) in [6.07, 6.45) is -0.840. The van der Waals surface area contributed by atoms with Crippen molar-refractivity contribution in [1.29, 1.82) is 0 Å². The first kappa shape index (κ1) is 16.4. The molecule has 1 aliphatic rings. The van der Waals surface area contributed by atoms with Crippen molar-refractivity contribution in [3.05, 3.63) is 71.0 Å². The Labute approximate surface area is 137 Å². The van der Waals surface area contributed by atoms with Crippen molar-refractivity contribution >= 4 is 6.09 Å². The summed E-state index contributed by atoms with van der Waals surface area (Å²) >= 11 is 0. The lowest BCUT2D eigenvalue weighted by Crippen LogP contribution is -2.30. The zero-order chi connectivity index (χ0) is 17.3. The number of amides is 1. The standard InChI is InChI=1S/C18H16F3NO2/c1-18(20,21)13-4-2-3-11(9-13)10-15-16(24-17(23)22-15)12-5-7-14(19)8-6-12/h2-9,15-16H,10H2,1H3,(H,22,23). The van der Waals surface area contributed by atoms with Crippen LogP contribution >= 0.6 is 0 Å². The molecule has 1 N–H and O–H groups in total. The van der Waals surface area contributed by atoms with Crippen LogP contribution in [0.4, 0.5) is 18.0 Å². The van der Waals surface area contributed by atoms with Gasteiger partial charge in [-0.3, -0.25) is 0 Å². The molecule has 0 aromatic heterocycles. The van der Waals surface area contributed by atoms with Gasteiger partial charge in [0.15, 0.2) is 0 Å². The van der Waals surface area contributed by atoms with Gasteiger partial charge in [-0.25, -0.2) is 18.0 Å². The van der Waals surface area contributed by atoms with Crippen molar-refractivity contribution in [2.24, 2.45) is 0 Å². The molecule has 1 fully saturated rings. The maximum Gasteiger partial charge on any atom is 0.408 e. The SMILES string of the molecule is CC(F)(F)c1cccc(CC2NC(=O)OC2c2ccc(F)cc2)c1. The molecule has 2 atom stereocenters. The molecule has 1 saturated heterocycles. The third-order valence-electron chi connectivity index (χ3n) is 3.99. The molecule has 1 heterocycles. The number of carbonyl (C=O) groups is 1. The molecule has 126 valence electrons. The Bertz CT molecular complexity index is 741. The topological polar surface area (TPSA) is 38.3 Å². The van der Waals surface area contributed by atoms with Crippen LogP contribution < -0.4 is 5.32 Å². The van der Waals surface area contributed by atoms with Gasteiger partial charge in [-0.15, -0.1) is 0 Å². The minimum Gasteiger partial charge on any atom is -0.439 e. The molecule has 2 aromatic rings. The Morgan fingerprint density at radius 2 is 1.88 bits per heavy atom. The molecule has 3 nitrogen and oxygen atoms in total. The molecule has 2 aromatic carbocycles. The first-order valence-electron chi connectivity index (χ1n) is 7.53. The molecule has 0 aliphatic carbocycles. The van der Waals surface area contributed by atoms with Gasteiger partial charge in [0, 0.05) is 12.5 Å². The second-order valence-corrected chi connectivity index (χ2v) is 5.92. The molecule has 1 amide bonds. The Morgan fingerprint density at radius 3 is 2.54 bits per heavy atom. The van der Waals surface area contributed by atoms with Crippen LogP contribution in [0, 0.1) is 5.82 Å². The molecule has 2 unspecified atom stereocenters. The first-order chi connectivity index (χ1) is 11.3. The van der Waals surface area contributed by atoms with Crippen molar-refractivity contribution < 1.29 is 22.7 Å². The van der Waals surface area contributed by atoms with Crippen molar-refractivity contribution in [2.45, 2.75) is 31.4 Å². The average molecular weight is 335 g/mol. The van der Waals surface area contributed by atoms with E-state index in [1.165, 1.54) is 24.3 Å². The highest BCUT2D eigenvalue weighted by atomic mass is 19.3. The molecule has 0 saturated carbocycles. The van der Waals surface area contributed by atoms with E-state index in [4.69, 9.17) is 4.74 Å². The van der Waals surface area contributed by atoms with Crippen molar-refractivity contribution in [3.63, 3.8) is 0 Å². The minimum atomic E-state index is -2.93. The third kappa shape index (κ3) is 3.53. The lowest BCUT2D eigenvalue weighted by Gasteiger charge is -2.18. The van der Waals surface area contributed by atoms with Crippen LogP contribution in [0.15, 0.2) is 48.5 Å². The lowest BCUT2D eigenvalue weighted by atomic mass is 9.95. The van der Waals surface area contributed by atoms with E-state index in [2.05, 4.69) is 5.32 Å². The van der Waals surface area contributed by atoms with E-state index >= 15 is 0 Å². The first-order valence-corrected chi connectivity index (χ1v) is 7.53. The molecular weight excluding hydrogens is 319 g/mol. The molecule has 0 bridgehead atoms. The largest absolute Gasteiger partial charge is 0.439 e. The van der Waals surface area contributed by atoms with E-state index in [-0.39, 0.29) is 11.4 Å². The van der Waals surface area contributed by atoms with Crippen LogP contribution in [0.3, 0.4) is 0 Å². The maximum absolute atomic E-state index is 13.5. The van der Waals surface area contributed by atoms with Crippen molar-refractivity contribution in [3.8, 4) is 0 Å². The lowest BCUT2D eigenvalue weighted by molar-refractivity contribution is 0.0174. The van der Waals surface area contributed by atoms with Crippen LogP contribution in [-0.4, -0.2) is 12.1 Å². The Balaban J connectivity index is 1.82. The number of benzene rings is 2. The second-order valence-electron chi connectivity index (χ2n) is 5.92. The summed E-state index contributed by atoms with van der Waals surface area (Å²) in [5.74, 6) is -3.31. The zero-order valence-electron chi connectivity index (χ0n) is 12.9. The monoisotopic (exact) mass is 335 g/mol. The Kier molecular flexibility index (Phi) is 4.22. The van der Waals surface area contributed by atoms with Crippen LogP contribution in [-0.2, 0) is 17.1 Å². The van der Waals surface area contributed by atoms with Crippen molar-refractivity contribution in [1.82, 2.24) is 5.32 Å². The maximum atomic E-state index is 13.5. The van der Waals surface area contributed by atoms with Gasteiger partial charge < -0.3 is 10.1 Å². The number of ether oxygens (including phenoxy) is 1. The average Bonchev–Trinajstić information content (AvgIpc) is 2.88.